The zero-order chi connectivity index (χ0) is 10.1. The van der Waals surface area contributed by atoms with E-state index < -0.39 is 0 Å². The van der Waals surface area contributed by atoms with Crippen LogP contribution in [0.1, 0.15) is 6.92 Å². The molecule has 0 aliphatic carbocycles. The molecule has 0 aromatic carbocycles. The Morgan fingerprint density at radius 2 is 2.43 bits per heavy atom. The first-order chi connectivity index (χ1) is 6.72. The third-order valence-electron chi connectivity index (χ3n) is 2.45. The second-order valence-electron chi connectivity index (χ2n) is 3.33. The number of rotatable bonds is 0. The van der Waals surface area contributed by atoms with Crippen LogP contribution in [0.4, 0.5) is 0 Å². The standard InChI is InChI=1S/C10H9N3O/c1-6-8-4-7(5-11)10(14)13-9(8)2-3-12-6/h2-4,8-9H,1H3,(H,13,14)/t8-,9+/m0/s1. The van der Waals surface area contributed by atoms with Gasteiger partial charge in [0.25, 0.3) is 5.91 Å². The van der Waals surface area contributed by atoms with Crippen LogP contribution >= 0.6 is 0 Å². The van der Waals surface area contributed by atoms with Crippen molar-refractivity contribution >= 4 is 11.6 Å². The number of nitrogens with one attached hydrogen (secondary N) is 1. The third-order valence-corrected chi connectivity index (χ3v) is 2.45. The fourth-order valence-electron chi connectivity index (χ4n) is 1.65. The van der Waals surface area contributed by atoms with Crippen LogP contribution in [0.2, 0.25) is 0 Å². The summed E-state index contributed by atoms with van der Waals surface area (Å²) in [5.41, 5.74) is 1.10. The van der Waals surface area contributed by atoms with E-state index in [-0.39, 0.29) is 23.4 Å². The van der Waals surface area contributed by atoms with Crippen LogP contribution in [-0.2, 0) is 4.79 Å². The number of carbonyl (C=O) groups excluding carboxylic acids is 1. The van der Waals surface area contributed by atoms with Gasteiger partial charge in [-0.05, 0) is 19.1 Å². The van der Waals surface area contributed by atoms with E-state index in [1.807, 2.05) is 19.1 Å². The highest BCUT2D eigenvalue weighted by molar-refractivity contribution is 6.01. The van der Waals surface area contributed by atoms with Gasteiger partial charge in [-0.2, -0.15) is 5.26 Å². The number of carbonyl (C=O) groups is 1. The van der Waals surface area contributed by atoms with Crippen molar-refractivity contribution in [3.63, 3.8) is 0 Å². The van der Waals surface area contributed by atoms with Gasteiger partial charge in [-0.1, -0.05) is 0 Å². The predicted octanol–water partition coefficient (Wildman–Crippen LogP) is 0.539. The number of amides is 1. The van der Waals surface area contributed by atoms with Gasteiger partial charge in [0.15, 0.2) is 0 Å². The van der Waals surface area contributed by atoms with E-state index >= 15 is 0 Å². The highest BCUT2D eigenvalue weighted by atomic mass is 16.1. The average Bonchev–Trinajstić information content (AvgIpc) is 2.17. The SMILES string of the molecule is CC1=NC=C[C@H]2NC(=O)C(C#N)=C[C@@H]12. The smallest absolute Gasteiger partial charge is 0.262 e. The molecule has 0 aromatic rings. The molecule has 4 nitrogen and oxygen atoms in total. The van der Waals surface area contributed by atoms with E-state index in [9.17, 15) is 4.79 Å². The Morgan fingerprint density at radius 3 is 3.14 bits per heavy atom. The first kappa shape index (κ1) is 8.70. The molecule has 2 aliphatic heterocycles. The van der Waals surface area contributed by atoms with Gasteiger partial charge >= 0.3 is 0 Å². The van der Waals surface area contributed by atoms with Crippen molar-refractivity contribution in [2.24, 2.45) is 10.9 Å². The van der Waals surface area contributed by atoms with Gasteiger partial charge in [0.05, 0.1) is 6.04 Å². The fourth-order valence-corrected chi connectivity index (χ4v) is 1.65. The molecule has 2 rings (SSSR count). The zero-order valence-corrected chi connectivity index (χ0v) is 7.69. The van der Waals surface area contributed by atoms with Gasteiger partial charge in [0.1, 0.15) is 11.6 Å². The molecule has 4 heteroatoms. The van der Waals surface area contributed by atoms with E-state index in [4.69, 9.17) is 5.26 Å². The summed E-state index contributed by atoms with van der Waals surface area (Å²) in [7, 11) is 0. The Labute approximate surface area is 81.6 Å². The van der Waals surface area contributed by atoms with E-state index in [1.165, 1.54) is 0 Å². The first-order valence-electron chi connectivity index (χ1n) is 4.36. The van der Waals surface area contributed by atoms with E-state index in [1.54, 1.807) is 12.3 Å². The number of hydrogen-bond donors (Lipinski definition) is 1. The van der Waals surface area contributed by atoms with E-state index in [0.29, 0.717) is 0 Å². The van der Waals surface area contributed by atoms with Gasteiger partial charge in [-0.3, -0.25) is 9.79 Å². The average molecular weight is 187 g/mol. The normalized spacial score (nSPS) is 29.6. The summed E-state index contributed by atoms with van der Waals surface area (Å²) in [6, 6.07) is 1.83. The summed E-state index contributed by atoms with van der Waals surface area (Å²) in [6.45, 7) is 1.89. The van der Waals surface area contributed by atoms with Crippen molar-refractivity contribution < 1.29 is 4.79 Å². The molecule has 1 N–H and O–H groups in total. The molecule has 14 heavy (non-hydrogen) atoms. The molecule has 0 bridgehead atoms. The lowest BCUT2D eigenvalue weighted by Crippen LogP contribution is -2.46. The maximum Gasteiger partial charge on any atom is 0.262 e. The number of fused-ring (bicyclic) bond motifs is 1. The summed E-state index contributed by atoms with van der Waals surface area (Å²) in [6.07, 6.45) is 5.20. The lowest BCUT2D eigenvalue weighted by Gasteiger charge is -2.28. The second-order valence-corrected chi connectivity index (χ2v) is 3.33. The molecule has 0 saturated heterocycles. The minimum Gasteiger partial charge on any atom is -0.344 e. The van der Waals surface area contributed by atoms with Gasteiger partial charge in [-0.15, -0.1) is 0 Å². The molecule has 2 aliphatic rings. The minimum atomic E-state index is -0.298. The lowest BCUT2D eigenvalue weighted by molar-refractivity contribution is -0.118. The highest BCUT2D eigenvalue weighted by Gasteiger charge is 2.30. The molecule has 70 valence electrons. The van der Waals surface area contributed by atoms with Crippen LogP contribution in [0.5, 0.6) is 0 Å². The van der Waals surface area contributed by atoms with Gasteiger partial charge in [-0.25, -0.2) is 0 Å². The molecule has 1 amide bonds. The maximum atomic E-state index is 11.3. The molecular weight excluding hydrogens is 178 g/mol. The summed E-state index contributed by atoms with van der Waals surface area (Å²) >= 11 is 0. The van der Waals surface area contributed by atoms with Crippen LogP contribution in [0.3, 0.4) is 0 Å². The number of aliphatic imine (C=N–C) groups is 1. The summed E-state index contributed by atoms with van der Waals surface area (Å²) in [5, 5.41) is 11.5. The number of nitrogens with zero attached hydrogens (tertiary/aromatic N) is 2. The Hall–Kier alpha value is -1.89. The Bertz CT molecular complexity index is 412. The van der Waals surface area contributed by atoms with Crippen molar-refractivity contribution in [3.8, 4) is 6.07 Å². The predicted molar refractivity (Wildman–Crippen MR) is 51.4 cm³/mol. The summed E-state index contributed by atoms with van der Waals surface area (Å²) in [5.74, 6) is -0.263. The van der Waals surface area contributed by atoms with Crippen LogP contribution in [0.25, 0.3) is 0 Å². The fraction of sp³-hybridized carbons (Fsp3) is 0.300. The Kier molecular flexibility index (Phi) is 1.93. The first-order valence-corrected chi connectivity index (χ1v) is 4.36. The summed E-state index contributed by atoms with van der Waals surface area (Å²) < 4.78 is 0. The minimum absolute atomic E-state index is 0.0346. The van der Waals surface area contributed by atoms with Gasteiger partial charge in [0.2, 0.25) is 0 Å². The van der Waals surface area contributed by atoms with Crippen molar-refractivity contribution in [1.82, 2.24) is 5.32 Å². The quantitative estimate of drug-likeness (QED) is 0.601. The third kappa shape index (κ3) is 1.23. The molecule has 0 unspecified atom stereocenters. The lowest BCUT2D eigenvalue weighted by atomic mass is 9.88. The van der Waals surface area contributed by atoms with Crippen LogP contribution in [-0.4, -0.2) is 17.7 Å². The molecule has 0 fully saturated rings. The van der Waals surface area contributed by atoms with Crippen molar-refractivity contribution in [2.45, 2.75) is 13.0 Å². The molecule has 0 radical (unpaired) electrons. The van der Waals surface area contributed by atoms with Crippen LogP contribution in [0.15, 0.2) is 28.9 Å². The largest absolute Gasteiger partial charge is 0.344 e. The van der Waals surface area contributed by atoms with Gasteiger partial charge in [0, 0.05) is 17.8 Å². The molecule has 0 spiro atoms. The van der Waals surface area contributed by atoms with Crippen molar-refractivity contribution in [2.75, 3.05) is 0 Å². The van der Waals surface area contributed by atoms with Gasteiger partial charge < -0.3 is 5.32 Å². The van der Waals surface area contributed by atoms with Crippen molar-refractivity contribution in [3.05, 3.63) is 23.9 Å². The molecule has 2 heterocycles. The molecular formula is C10H9N3O. The molecule has 0 aromatic heterocycles. The highest BCUT2D eigenvalue weighted by Crippen LogP contribution is 2.20. The van der Waals surface area contributed by atoms with Crippen LogP contribution in [0, 0.1) is 17.2 Å². The number of nitriles is 1. The van der Waals surface area contributed by atoms with Crippen LogP contribution < -0.4 is 5.32 Å². The topological polar surface area (TPSA) is 65.2 Å². The second kappa shape index (κ2) is 3.11. The Balaban J connectivity index is 2.40. The number of hydrogen-bond acceptors (Lipinski definition) is 3. The molecule has 2 atom stereocenters. The molecule has 0 saturated carbocycles. The Morgan fingerprint density at radius 1 is 1.64 bits per heavy atom. The zero-order valence-electron chi connectivity index (χ0n) is 7.69. The van der Waals surface area contributed by atoms with E-state index in [2.05, 4.69) is 10.3 Å². The van der Waals surface area contributed by atoms with E-state index in [0.717, 1.165) is 5.71 Å². The monoisotopic (exact) mass is 187 g/mol. The summed E-state index contributed by atoms with van der Waals surface area (Å²) in [4.78, 5) is 15.5. The maximum absolute atomic E-state index is 11.3. The van der Waals surface area contributed by atoms with Crippen molar-refractivity contribution in [1.29, 1.82) is 5.26 Å².